The monoisotopic (exact) mass is 844 g/mol. The second-order valence-electron chi connectivity index (χ2n) is 12.9. The molecule has 0 aliphatic carbocycles. The Balaban J connectivity index is 0.000000147. The Hall–Kier alpha value is -5.12. The Morgan fingerprint density at radius 2 is 0.778 bits per heavy atom. The molecule has 1 aliphatic rings. The number of benzene rings is 8. The van der Waals surface area contributed by atoms with Crippen LogP contribution in [0, 0.1) is 0 Å². The largest absolute Gasteiger partial charge is 0.507 e. The number of aromatic hydroxyl groups is 2. The van der Waals surface area contributed by atoms with Gasteiger partial charge in [-0.15, -0.1) is 0 Å². The van der Waals surface area contributed by atoms with Gasteiger partial charge in [0.15, 0.2) is 0 Å². The number of phenols is 2. The van der Waals surface area contributed by atoms with E-state index in [1.54, 1.807) is 12.1 Å². The number of halogens is 2. The van der Waals surface area contributed by atoms with Gasteiger partial charge < -0.3 is 29.9 Å². The molecular weight excluding hydrogens is 808 g/mol. The number of alkyl halides is 2. The summed E-state index contributed by atoms with van der Waals surface area (Å²) in [5, 5.41) is 49.3. The molecule has 0 saturated heterocycles. The van der Waals surface area contributed by atoms with Crippen molar-refractivity contribution >= 4 is 74.9 Å². The summed E-state index contributed by atoms with van der Waals surface area (Å²) in [6, 6.07) is 47.5. The third-order valence-corrected chi connectivity index (χ3v) is 10.8. The summed E-state index contributed by atoms with van der Waals surface area (Å²) in [6.07, 6.45) is -0.906. The van der Waals surface area contributed by atoms with Crippen molar-refractivity contribution in [1.29, 1.82) is 0 Å². The van der Waals surface area contributed by atoms with Crippen LogP contribution in [-0.2, 0) is 0 Å². The van der Waals surface area contributed by atoms with E-state index in [1.807, 2.05) is 97.1 Å². The molecule has 8 heteroatoms. The van der Waals surface area contributed by atoms with Gasteiger partial charge in [-0.1, -0.05) is 153 Å². The molecule has 0 saturated carbocycles. The van der Waals surface area contributed by atoms with Gasteiger partial charge in [-0.3, -0.25) is 0 Å². The summed E-state index contributed by atoms with van der Waals surface area (Å²) in [4.78, 5) is 0. The molecule has 0 spiro atoms. The first-order valence-corrected chi connectivity index (χ1v) is 19.8. The Labute approximate surface area is 330 Å². The van der Waals surface area contributed by atoms with Crippen LogP contribution in [0.25, 0.3) is 65.3 Å². The SMILES string of the molecule is OC(CBr)CBr.OC1COc2ccc3ccccc3c2-c2c(ccc3ccccc23)OC1.Oc1ccc2ccccc2c1-c1c(O)ccc2ccccc12. The lowest BCUT2D eigenvalue weighted by molar-refractivity contribution is 0.0644. The molecule has 272 valence electrons. The predicted molar refractivity (Wildman–Crippen MR) is 228 cm³/mol. The first-order valence-electron chi connectivity index (χ1n) is 17.6. The number of aliphatic hydroxyl groups is 2. The Morgan fingerprint density at radius 1 is 0.463 bits per heavy atom. The van der Waals surface area contributed by atoms with Crippen molar-refractivity contribution in [2.45, 2.75) is 12.2 Å². The molecule has 0 fully saturated rings. The number of ether oxygens (including phenoxy) is 2. The van der Waals surface area contributed by atoms with Gasteiger partial charge in [0.2, 0.25) is 0 Å². The third kappa shape index (κ3) is 7.74. The van der Waals surface area contributed by atoms with Crippen LogP contribution in [0.15, 0.2) is 146 Å². The highest BCUT2D eigenvalue weighted by atomic mass is 79.9. The zero-order chi connectivity index (χ0) is 37.6. The van der Waals surface area contributed by atoms with Crippen molar-refractivity contribution in [3.63, 3.8) is 0 Å². The van der Waals surface area contributed by atoms with E-state index in [4.69, 9.17) is 14.6 Å². The minimum Gasteiger partial charge on any atom is -0.507 e. The fourth-order valence-corrected chi connectivity index (χ4v) is 7.84. The molecule has 54 heavy (non-hydrogen) atoms. The van der Waals surface area contributed by atoms with Gasteiger partial charge in [0.05, 0.1) is 6.10 Å². The van der Waals surface area contributed by atoms with Crippen molar-refractivity contribution in [3.05, 3.63) is 146 Å². The van der Waals surface area contributed by atoms with Crippen LogP contribution in [-0.4, -0.2) is 56.5 Å². The molecule has 0 amide bonds. The molecule has 0 aromatic heterocycles. The number of aliphatic hydroxyl groups excluding tert-OH is 2. The van der Waals surface area contributed by atoms with Gasteiger partial charge in [-0.05, 0) is 67.4 Å². The van der Waals surface area contributed by atoms with Gasteiger partial charge in [0.25, 0.3) is 0 Å². The smallest absolute Gasteiger partial charge is 0.128 e. The van der Waals surface area contributed by atoms with Crippen molar-refractivity contribution in [1.82, 2.24) is 0 Å². The lowest BCUT2D eigenvalue weighted by Gasteiger charge is -2.17. The zero-order valence-corrected chi connectivity index (χ0v) is 32.4. The van der Waals surface area contributed by atoms with Gasteiger partial charge in [0.1, 0.15) is 42.3 Å². The van der Waals surface area contributed by atoms with E-state index in [0.717, 1.165) is 65.7 Å². The topological polar surface area (TPSA) is 99.4 Å². The van der Waals surface area contributed by atoms with Gasteiger partial charge in [-0.25, -0.2) is 0 Å². The van der Waals surface area contributed by atoms with E-state index in [0.29, 0.717) is 21.8 Å². The predicted octanol–water partition coefficient (Wildman–Crippen LogP) is 11.0. The highest BCUT2D eigenvalue weighted by Crippen LogP contribution is 2.46. The standard InChI is InChI=1S/C23H18O3.C20H14O2.C3H6Br2O/c24-17-13-25-20-11-9-15-5-1-3-7-18(15)22(20)23-19-8-4-2-6-16(19)10-12-21(23)26-14-17;21-17-11-9-13-5-1-3-7-15(13)19(17)20-16-8-4-2-6-14(16)10-12-18(20)22;4-1-3(6)2-5/h1-12,17,24H,13-14H2;1-12,21-22H;3,6H,1-2H2. The summed E-state index contributed by atoms with van der Waals surface area (Å²) in [5.41, 5.74) is 3.38. The van der Waals surface area contributed by atoms with E-state index in [-0.39, 0.29) is 30.8 Å². The van der Waals surface area contributed by atoms with Crippen molar-refractivity contribution in [3.8, 4) is 45.3 Å². The van der Waals surface area contributed by atoms with Crippen LogP contribution in [0.4, 0.5) is 0 Å². The Bertz CT molecular complexity index is 2390. The maximum absolute atomic E-state index is 10.4. The van der Waals surface area contributed by atoms with Crippen LogP contribution < -0.4 is 9.47 Å². The molecule has 1 aliphatic heterocycles. The number of hydrogen-bond donors (Lipinski definition) is 4. The summed E-state index contributed by atoms with van der Waals surface area (Å²) < 4.78 is 12.0. The molecule has 8 aromatic rings. The minimum absolute atomic E-state index is 0.172. The van der Waals surface area contributed by atoms with E-state index in [2.05, 4.69) is 68.3 Å². The average Bonchev–Trinajstić information content (AvgIpc) is 3.29. The van der Waals surface area contributed by atoms with Crippen LogP contribution in [0.1, 0.15) is 0 Å². The summed E-state index contributed by atoms with van der Waals surface area (Å²) in [7, 11) is 0. The second-order valence-corrected chi connectivity index (χ2v) is 14.2. The van der Waals surface area contributed by atoms with Crippen LogP contribution in [0.2, 0.25) is 0 Å². The fourth-order valence-electron chi connectivity index (χ4n) is 6.77. The molecular formula is C46H38Br2O6. The highest BCUT2D eigenvalue weighted by Gasteiger charge is 2.22. The molecule has 9 rings (SSSR count). The molecule has 0 atom stereocenters. The third-order valence-electron chi connectivity index (χ3n) is 9.31. The van der Waals surface area contributed by atoms with Gasteiger partial charge in [-0.2, -0.15) is 0 Å². The first-order chi connectivity index (χ1) is 26.4. The van der Waals surface area contributed by atoms with E-state index >= 15 is 0 Å². The van der Waals surface area contributed by atoms with E-state index in [1.165, 1.54) is 0 Å². The summed E-state index contributed by atoms with van der Waals surface area (Å²) in [5.74, 6) is 1.88. The second kappa shape index (κ2) is 16.9. The lowest BCUT2D eigenvalue weighted by atomic mass is 9.92. The van der Waals surface area contributed by atoms with Crippen LogP contribution in [0.5, 0.6) is 23.0 Å². The van der Waals surface area contributed by atoms with Gasteiger partial charge >= 0.3 is 0 Å². The molecule has 0 radical (unpaired) electrons. The number of phenolic OH excluding ortho intramolecular Hbond substituents is 2. The average molecular weight is 847 g/mol. The normalized spacial score (nSPS) is 12.6. The Morgan fingerprint density at radius 3 is 1.11 bits per heavy atom. The van der Waals surface area contributed by atoms with Crippen molar-refractivity contribution in [2.24, 2.45) is 0 Å². The minimum atomic E-state index is -0.674. The molecule has 1 heterocycles. The molecule has 8 aromatic carbocycles. The van der Waals surface area contributed by atoms with Crippen molar-refractivity contribution in [2.75, 3.05) is 23.9 Å². The lowest BCUT2D eigenvalue weighted by Crippen LogP contribution is -2.24. The first kappa shape index (κ1) is 37.2. The summed E-state index contributed by atoms with van der Waals surface area (Å²) in [6.45, 7) is 0.411. The molecule has 4 N–H and O–H groups in total. The van der Waals surface area contributed by atoms with Crippen LogP contribution >= 0.6 is 31.9 Å². The quantitative estimate of drug-likeness (QED) is 0.132. The maximum Gasteiger partial charge on any atom is 0.128 e. The Kier molecular flexibility index (Phi) is 11.7. The number of fused-ring (bicyclic) bond motifs is 9. The fraction of sp³-hybridized carbons (Fsp3) is 0.130. The maximum atomic E-state index is 10.4. The van der Waals surface area contributed by atoms with Gasteiger partial charge in [0, 0.05) is 32.9 Å². The molecule has 6 nitrogen and oxygen atoms in total. The number of rotatable bonds is 3. The van der Waals surface area contributed by atoms with Crippen molar-refractivity contribution < 1.29 is 29.9 Å². The molecule has 0 bridgehead atoms. The highest BCUT2D eigenvalue weighted by molar-refractivity contribution is 9.09. The molecule has 0 unspecified atom stereocenters. The summed E-state index contributed by atoms with van der Waals surface area (Å²) >= 11 is 6.19. The number of hydrogen-bond acceptors (Lipinski definition) is 6. The zero-order valence-electron chi connectivity index (χ0n) is 29.2. The van der Waals surface area contributed by atoms with Crippen LogP contribution in [0.3, 0.4) is 0 Å². The van der Waals surface area contributed by atoms with E-state index in [9.17, 15) is 15.3 Å². The van der Waals surface area contributed by atoms with E-state index < -0.39 is 6.10 Å².